The lowest BCUT2D eigenvalue weighted by Crippen LogP contribution is -2.30. The number of hydrogen-bond donors (Lipinski definition) is 0. The predicted octanol–water partition coefficient (Wildman–Crippen LogP) is 23.0. The lowest BCUT2D eigenvalue weighted by Gasteiger charge is -2.18. The average Bonchev–Trinajstić information content (AvgIpc) is 3.45. The molecule has 0 heterocycles. The number of carbonyl (C=O) groups is 3. The van der Waals surface area contributed by atoms with Gasteiger partial charge in [0.05, 0.1) is 0 Å². The summed E-state index contributed by atoms with van der Waals surface area (Å²) in [7, 11) is 0. The highest BCUT2D eigenvalue weighted by molar-refractivity contribution is 5.71. The lowest BCUT2D eigenvalue weighted by atomic mass is 10.0. The van der Waals surface area contributed by atoms with Crippen molar-refractivity contribution in [2.24, 2.45) is 0 Å². The monoisotopic (exact) mass is 1100 g/mol. The molecule has 0 N–H and O–H groups in total. The maximum atomic E-state index is 12.9. The van der Waals surface area contributed by atoms with E-state index >= 15 is 0 Å². The van der Waals surface area contributed by atoms with Gasteiger partial charge >= 0.3 is 17.9 Å². The maximum absolute atomic E-state index is 12.9. The van der Waals surface area contributed by atoms with Crippen LogP contribution < -0.4 is 0 Å². The summed E-state index contributed by atoms with van der Waals surface area (Å²) < 4.78 is 16.9. The van der Waals surface area contributed by atoms with E-state index in [4.69, 9.17) is 14.2 Å². The largest absolute Gasteiger partial charge is 0.462 e. The summed E-state index contributed by atoms with van der Waals surface area (Å²) in [5.74, 6) is -0.912. The van der Waals surface area contributed by atoms with Gasteiger partial charge in [-0.15, -0.1) is 0 Å². The fourth-order valence-corrected chi connectivity index (χ4v) is 9.35. The summed E-state index contributed by atoms with van der Waals surface area (Å²) in [4.78, 5) is 38.4. The van der Waals surface area contributed by atoms with E-state index in [2.05, 4.69) is 130 Å². The second kappa shape index (κ2) is 66.6. The number of carbonyl (C=O) groups excluding carboxylic acids is 3. The van der Waals surface area contributed by atoms with Crippen molar-refractivity contribution in [3.63, 3.8) is 0 Å². The molecule has 0 aromatic heterocycles. The van der Waals surface area contributed by atoms with Gasteiger partial charge in [-0.3, -0.25) is 14.4 Å². The summed E-state index contributed by atoms with van der Waals surface area (Å²) in [6.45, 7) is 6.42. The van der Waals surface area contributed by atoms with E-state index in [1.807, 2.05) is 0 Å². The third-order valence-electron chi connectivity index (χ3n) is 14.3. The van der Waals surface area contributed by atoms with E-state index < -0.39 is 6.10 Å². The van der Waals surface area contributed by atoms with Gasteiger partial charge in [-0.2, -0.15) is 0 Å². The molecule has 0 saturated heterocycles. The van der Waals surface area contributed by atoms with E-state index in [-0.39, 0.29) is 31.1 Å². The van der Waals surface area contributed by atoms with Crippen molar-refractivity contribution in [3.8, 4) is 0 Å². The third-order valence-corrected chi connectivity index (χ3v) is 14.3. The third kappa shape index (κ3) is 64.8. The van der Waals surface area contributed by atoms with Crippen LogP contribution in [-0.2, 0) is 28.6 Å². The average molecular weight is 1100 g/mol. The van der Waals surface area contributed by atoms with E-state index in [0.29, 0.717) is 19.3 Å². The van der Waals surface area contributed by atoms with Crippen molar-refractivity contribution in [2.45, 2.75) is 322 Å². The van der Waals surface area contributed by atoms with Crippen LogP contribution in [0.2, 0.25) is 0 Å². The van der Waals surface area contributed by atoms with Crippen LogP contribution in [-0.4, -0.2) is 37.2 Å². The summed E-state index contributed by atoms with van der Waals surface area (Å²) in [6.07, 6.45) is 91.0. The molecule has 0 rings (SSSR count). The van der Waals surface area contributed by atoms with Gasteiger partial charge < -0.3 is 14.2 Å². The summed E-state index contributed by atoms with van der Waals surface area (Å²) in [6, 6.07) is 0. The minimum absolute atomic E-state index is 0.0909. The Labute approximate surface area is 489 Å². The van der Waals surface area contributed by atoms with Crippen LogP contribution >= 0.6 is 0 Å². The fraction of sp³-hybridized carbons (Fsp3) is 0.712. The number of unbranched alkanes of at least 4 members (excludes halogenated alkanes) is 31. The minimum Gasteiger partial charge on any atom is -0.462 e. The van der Waals surface area contributed by atoms with Gasteiger partial charge in [0.2, 0.25) is 0 Å². The van der Waals surface area contributed by atoms with Crippen LogP contribution in [0.1, 0.15) is 316 Å². The molecule has 0 saturated carbocycles. The first-order chi connectivity index (χ1) is 39.0. The van der Waals surface area contributed by atoms with Crippen LogP contribution in [0.3, 0.4) is 0 Å². The predicted molar refractivity (Wildman–Crippen MR) is 343 cm³/mol. The van der Waals surface area contributed by atoms with Crippen molar-refractivity contribution < 1.29 is 28.6 Å². The molecule has 0 spiro atoms. The van der Waals surface area contributed by atoms with Crippen LogP contribution in [0.5, 0.6) is 0 Å². The molecule has 0 aliphatic rings. The van der Waals surface area contributed by atoms with Gasteiger partial charge in [0.25, 0.3) is 0 Å². The smallest absolute Gasteiger partial charge is 0.306 e. The molecule has 0 amide bonds. The van der Waals surface area contributed by atoms with Crippen molar-refractivity contribution in [2.75, 3.05) is 13.2 Å². The van der Waals surface area contributed by atoms with E-state index in [1.165, 1.54) is 141 Å². The van der Waals surface area contributed by atoms with Gasteiger partial charge in [-0.25, -0.2) is 0 Å². The van der Waals surface area contributed by atoms with Gasteiger partial charge in [-0.1, -0.05) is 304 Å². The second-order valence-corrected chi connectivity index (χ2v) is 22.0. The Balaban J connectivity index is 4.41. The molecule has 452 valence electrons. The number of allylic oxidation sites excluding steroid dienone is 18. The Morgan fingerprint density at radius 1 is 0.266 bits per heavy atom. The van der Waals surface area contributed by atoms with Gasteiger partial charge in [0.15, 0.2) is 6.10 Å². The van der Waals surface area contributed by atoms with Crippen molar-refractivity contribution in [1.82, 2.24) is 0 Å². The first-order valence-corrected chi connectivity index (χ1v) is 33.4. The quantitative estimate of drug-likeness (QED) is 0.0261. The second-order valence-electron chi connectivity index (χ2n) is 22.0. The standard InChI is InChI=1S/C73H124O6/c1-4-7-10-13-16-19-22-25-28-31-33-35-36-38-39-42-45-48-51-54-57-60-63-66-72(75)78-69-70(68-77-71(74)65-62-59-56-53-50-47-44-41-30-27-24-21-18-15-12-9-6-3)79-73(76)67-64-61-58-55-52-49-46-43-40-37-34-32-29-26-23-20-17-14-11-8-5-2/h7,9-10,12,16,18-19,21,25,27-28,30,33,35,38-39,44,47,70H,4-6,8,11,13-15,17,20,22-24,26,29,31-32,34,36-37,40-43,45-46,48-69H2,1-3H3/b10-7-,12-9-,19-16-,21-18-,28-25-,30-27-,35-33-,39-38-,47-44-. The Morgan fingerprint density at radius 2 is 0.494 bits per heavy atom. The Kier molecular flexibility index (Phi) is 63.3. The lowest BCUT2D eigenvalue weighted by molar-refractivity contribution is -0.167. The Hall–Kier alpha value is -3.93. The SMILES string of the molecule is CC/C=C\C/C=C\C/C=C\C/C=C\C/C=C\CCCCCCCCCC(=O)OCC(COC(=O)CCCCCC/C=C\C/C=C\C/C=C\C/C=C\CC)OC(=O)CCCCCCCCCCCCCCCCCCCCCCC. The van der Waals surface area contributed by atoms with Crippen LogP contribution in [0.25, 0.3) is 0 Å². The van der Waals surface area contributed by atoms with Gasteiger partial charge in [0.1, 0.15) is 13.2 Å². The molecule has 0 bridgehead atoms. The maximum Gasteiger partial charge on any atom is 0.306 e. The highest BCUT2D eigenvalue weighted by atomic mass is 16.6. The molecule has 0 radical (unpaired) electrons. The minimum atomic E-state index is -0.795. The number of esters is 3. The summed E-state index contributed by atoms with van der Waals surface area (Å²) in [5.41, 5.74) is 0. The molecule has 0 aliphatic carbocycles. The molecule has 6 heteroatoms. The number of ether oxygens (including phenoxy) is 3. The number of rotatable bonds is 60. The first-order valence-electron chi connectivity index (χ1n) is 33.4. The Bertz CT molecular complexity index is 1590. The normalized spacial score (nSPS) is 12.8. The fourth-order valence-electron chi connectivity index (χ4n) is 9.35. The van der Waals surface area contributed by atoms with Crippen molar-refractivity contribution in [3.05, 3.63) is 109 Å². The zero-order chi connectivity index (χ0) is 57.1. The molecule has 6 nitrogen and oxygen atoms in total. The van der Waals surface area contributed by atoms with Crippen LogP contribution in [0.15, 0.2) is 109 Å². The van der Waals surface area contributed by atoms with Gasteiger partial charge in [0, 0.05) is 19.3 Å². The molecule has 79 heavy (non-hydrogen) atoms. The number of hydrogen-bond acceptors (Lipinski definition) is 6. The van der Waals surface area contributed by atoms with Crippen molar-refractivity contribution in [1.29, 1.82) is 0 Å². The zero-order valence-corrected chi connectivity index (χ0v) is 51.9. The van der Waals surface area contributed by atoms with Crippen molar-refractivity contribution >= 4 is 17.9 Å². The molecule has 1 atom stereocenters. The highest BCUT2D eigenvalue weighted by Gasteiger charge is 2.19. The highest BCUT2D eigenvalue weighted by Crippen LogP contribution is 2.17. The van der Waals surface area contributed by atoms with E-state index in [1.54, 1.807) is 0 Å². The van der Waals surface area contributed by atoms with E-state index in [9.17, 15) is 14.4 Å². The van der Waals surface area contributed by atoms with Crippen LogP contribution in [0.4, 0.5) is 0 Å². The molecule has 0 aromatic rings. The molecule has 0 aromatic carbocycles. The first kappa shape index (κ1) is 75.1. The Morgan fingerprint density at radius 3 is 0.772 bits per heavy atom. The summed E-state index contributed by atoms with van der Waals surface area (Å²) >= 11 is 0. The molecule has 0 aliphatic heterocycles. The van der Waals surface area contributed by atoms with E-state index in [0.717, 1.165) is 135 Å². The topological polar surface area (TPSA) is 78.9 Å². The summed E-state index contributed by atoms with van der Waals surface area (Å²) in [5, 5.41) is 0. The molecule has 0 fully saturated rings. The zero-order valence-electron chi connectivity index (χ0n) is 51.9. The van der Waals surface area contributed by atoms with Crippen LogP contribution in [0, 0.1) is 0 Å². The molecular formula is C73H124O6. The molecular weight excluding hydrogens is 973 g/mol. The molecule has 1 unspecified atom stereocenters. The van der Waals surface area contributed by atoms with Gasteiger partial charge in [-0.05, 0) is 103 Å².